The lowest BCUT2D eigenvalue weighted by molar-refractivity contribution is -0.121. The first-order valence-electron chi connectivity index (χ1n) is 7.11. The normalized spacial score (nSPS) is 11.9. The molecule has 0 radical (unpaired) electrons. The Kier molecular flexibility index (Phi) is 8.35. The minimum atomic E-state index is 0.132. The summed E-state index contributed by atoms with van der Waals surface area (Å²) >= 11 is 3.46. The SMILES string of the molecule is COc1ccc(CCC(=O)NCCCC(C)CBr)cc1. The number of amides is 1. The zero-order valence-corrected chi connectivity index (χ0v) is 13.9. The molecule has 0 aliphatic heterocycles. The molecule has 0 bridgehead atoms. The molecule has 20 heavy (non-hydrogen) atoms. The molecule has 0 saturated carbocycles. The highest BCUT2D eigenvalue weighted by molar-refractivity contribution is 9.09. The molecule has 112 valence electrons. The lowest BCUT2D eigenvalue weighted by Crippen LogP contribution is -2.25. The van der Waals surface area contributed by atoms with Gasteiger partial charge in [0, 0.05) is 18.3 Å². The van der Waals surface area contributed by atoms with Crippen LogP contribution in [0.2, 0.25) is 0 Å². The average Bonchev–Trinajstić information content (AvgIpc) is 2.49. The highest BCUT2D eigenvalue weighted by Gasteiger charge is 2.03. The van der Waals surface area contributed by atoms with E-state index < -0.39 is 0 Å². The molecule has 1 N–H and O–H groups in total. The molecule has 0 heterocycles. The molecule has 1 aromatic carbocycles. The molecule has 4 heteroatoms. The Morgan fingerprint density at radius 1 is 1.35 bits per heavy atom. The molecular weight excluding hydrogens is 318 g/mol. The molecule has 0 fully saturated rings. The standard InChI is InChI=1S/C16H24BrNO2/c1-13(12-17)4-3-11-18-16(19)10-7-14-5-8-15(20-2)9-6-14/h5-6,8-9,13H,3-4,7,10-12H2,1-2H3,(H,18,19). The fourth-order valence-corrected chi connectivity index (χ4v) is 2.22. The van der Waals surface area contributed by atoms with Gasteiger partial charge in [-0.1, -0.05) is 35.0 Å². The zero-order valence-electron chi connectivity index (χ0n) is 12.3. The molecule has 0 spiro atoms. The lowest BCUT2D eigenvalue weighted by atomic mass is 10.1. The van der Waals surface area contributed by atoms with E-state index in [1.54, 1.807) is 7.11 Å². The molecule has 1 amide bonds. The number of alkyl halides is 1. The summed E-state index contributed by atoms with van der Waals surface area (Å²) in [5.41, 5.74) is 1.16. The number of carbonyl (C=O) groups is 1. The van der Waals surface area contributed by atoms with E-state index in [4.69, 9.17) is 4.74 Å². The molecule has 0 aliphatic rings. The largest absolute Gasteiger partial charge is 0.497 e. The van der Waals surface area contributed by atoms with Gasteiger partial charge in [0.15, 0.2) is 0 Å². The van der Waals surface area contributed by atoms with Crippen LogP contribution in [0.4, 0.5) is 0 Å². The molecule has 1 rings (SSSR count). The van der Waals surface area contributed by atoms with E-state index in [1.165, 1.54) is 0 Å². The predicted molar refractivity (Wildman–Crippen MR) is 86.5 cm³/mol. The van der Waals surface area contributed by atoms with Crippen LogP contribution in [0.5, 0.6) is 5.75 Å². The van der Waals surface area contributed by atoms with Crippen molar-refractivity contribution in [2.45, 2.75) is 32.6 Å². The Morgan fingerprint density at radius 2 is 2.05 bits per heavy atom. The topological polar surface area (TPSA) is 38.3 Å². The number of benzene rings is 1. The molecular formula is C16H24BrNO2. The zero-order chi connectivity index (χ0) is 14.8. The summed E-state index contributed by atoms with van der Waals surface area (Å²) in [6.07, 6.45) is 3.50. The minimum Gasteiger partial charge on any atom is -0.497 e. The molecule has 1 atom stereocenters. The van der Waals surface area contributed by atoms with Crippen molar-refractivity contribution >= 4 is 21.8 Å². The predicted octanol–water partition coefficient (Wildman–Crippen LogP) is 3.56. The van der Waals surface area contributed by atoms with Crippen LogP contribution in [0.15, 0.2) is 24.3 Å². The van der Waals surface area contributed by atoms with Crippen LogP contribution in [0, 0.1) is 5.92 Å². The van der Waals surface area contributed by atoms with E-state index in [-0.39, 0.29) is 5.91 Å². The summed E-state index contributed by atoms with van der Waals surface area (Å²) in [7, 11) is 1.65. The van der Waals surface area contributed by atoms with Crippen LogP contribution >= 0.6 is 15.9 Å². The van der Waals surface area contributed by atoms with E-state index >= 15 is 0 Å². The Balaban J connectivity index is 2.16. The van der Waals surface area contributed by atoms with Crippen LogP contribution in [-0.2, 0) is 11.2 Å². The number of methoxy groups -OCH3 is 1. The third kappa shape index (κ3) is 6.94. The van der Waals surface area contributed by atoms with Gasteiger partial charge < -0.3 is 10.1 Å². The maximum Gasteiger partial charge on any atom is 0.220 e. The van der Waals surface area contributed by atoms with Crippen LogP contribution in [0.25, 0.3) is 0 Å². The highest BCUT2D eigenvalue weighted by Crippen LogP contribution is 2.12. The van der Waals surface area contributed by atoms with Crippen molar-refractivity contribution in [3.05, 3.63) is 29.8 Å². The fraction of sp³-hybridized carbons (Fsp3) is 0.562. The smallest absolute Gasteiger partial charge is 0.220 e. The fourth-order valence-electron chi connectivity index (χ4n) is 1.89. The van der Waals surface area contributed by atoms with Crippen molar-refractivity contribution in [2.24, 2.45) is 5.92 Å². The quantitative estimate of drug-likeness (QED) is 0.551. The number of nitrogens with one attached hydrogen (secondary N) is 1. The van der Waals surface area contributed by atoms with Gasteiger partial charge in [0.25, 0.3) is 0 Å². The highest BCUT2D eigenvalue weighted by atomic mass is 79.9. The van der Waals surface area contributed by atoms with E-state index in [0.717, 1.165) is 42.5 Å². The second-order valence-corrected chi connectivity index (χ2v) is 5.75. The van der Waals surface area contributed by atoms with Crippen molar-refractivity contribution in [1.29, 1.82) is 0 Å². The third-order valence-corrected chi connectivity index (χ3v) is 4.36. The summed E-state index contributed by atoms with van der Waals surface area (Å²) in [4.78, 5) is 11.7. The number of halogens is 1. The summed E-state index contributed by atoms with van der Waals surface area (Å²) in [6.45, 7) is 2.99. The Morgan fingerprint density at radius 3 is 2.65 bits per heavy atom. The Bertz CT molecular complexity index is 392. The van der Waals surface area contributed by atoms with Crippen LogP contribution in [0.3, 0.4) is 0 Å². The van der Waals surface area contributed by atoms with E-state index in [2.05, 4.69) is 28.2 Å². The summed E-state index contributed by atoms with van der Waals surface area (Å²) in [5, 5.41) is 4.00. The van der Waals surface area contributed by atoms with Gasteiger partial charge in [-0.05, 0) is 42.9 Å². The van der Waals surface area contributed by atoms with Gasteiger partial charge in [-0.3, -0.25) is 4.79 Å². The average molecular weight is 342 g/mol. The van der Waals surface area contributed by atoms with E-state index in [9.17, 15) is 4.79 Å². The second-order valence-electron chi connectivity index (χ2n) is 5.10. The Labute approximate surface area is 130 Å². The van der Waals surface area contributed by atoms with Gasteiger partial charge in [0.05, 0.1) is 7.11 Å². The molecule has 0 aromatic heterocycles. The summed E-state index contributed by atoms with van der Waals surface area (Å²) < 4.78 is 5.11. The van der Waals surface area contributed by atoms with Crippen molar-refractivity contribution in [3.63, 3.8) is 0 Å². The molecule has 0 aliphatic carbocycles. The maximum atomic E-state index is 11.7. The Hall–Kier alpha value is -1.03. The molecule has 0 saturated heterocycles. The van der Waals surface area contributed by atoms with Crippen LogP contribution in [-0.4, -0.2) is 24.9 Å². The summed E-state index contributed by atoms with van der Waals surface area (Å²) in [6, 6.07) is 7.86. The van der Waals surface area contributed by atoms with Crippen LogP contribution < -0.4 is 10.1 Å². The van der Waals surface area contributed by atoms with Crippen LogP contribution in [0.1, 0.15) is 31.7 Å². The van der Waals surface area contributed by atoms with E-state index in [1.807, 2.05) is 24.3 Å². The van der Waals surface area contributed by atoms with Gasteiger partial charge in [0.2, 0.25) is 5.91 Å². The number of ether oxygens (including phenoxy) is 1. The maximum absolute atomic E-state index is 11.7. The van der Waals surface area contributed by atoms with Gasteiger partial charge in [-0.2, -0.15) is 0 Å². The van der Waals surface area contributed by atoms with Gasteiger partial charge in [0.1, 0.15) is 5.75 Å². The monoisotopic (exact) mass is 341 g/mol. The number of hydrogen-bond acceptors (Lipinski definition) is 2. The lowest BCUT2D eigenvalue weighted by Gasteiger charge is -2.08. The van der Waals surface area contributed by atoms with Gasteiger partial charge in [-0.15, -0.1) is 0 Å². The first-order valence-corrected chi connectivity index (χ1v) is 8.23. The third-order valence-electron chi connectivity index (χ3n) is 3.26. The minimum absolute atomic E-state index is 0.132. The summed E-state index contributed by atoms with van der Waals surface area (Å²) in [5.74, 6) is 1.65. The molecule has 1 aromatic rings. The number of aryl methyl sites for hydroxylation is 1. The first kappa shape index (κ1) is 17.0. The molecule has 1 unspecified atom stereocenters. The molecule has 3 nitrogen and oxygen atoms in total. The van der Waals surface area contributed by atoms with Crippen molar-refractivity contribution in [2.75, 3.05) is 19.0 Å². The first-order chi connectivity index (χ1) is 9.65. The van der Waals surface area contributed by atoms with E-state index in [0.29, 0.717) is 12.3 Å². The van der Waals surface area contributed by atoms with Crippen molar-refractivity contribution in [1.82, 2.24) is 5.32 Å². The van der Waals surface area contributed by atoms with Crippen molar-refractivity contribution < 1.29 is 9.53 Å². The second kappa shape index (κ2) is 9.81. The van der Waals surface area contributed by atoms with Crippen molar-refractivity contribution in [3.8, 4) is 5.75 Å². The number of hydrogen-bond donors (Lipinski definition) is 1. The van der Waals surface area contributed by atoms with Gasteiger partial charge in [-0.25, -0.2) is 0 Å². The number of rotatable bonds is 9. The number of carbonyl (C=O) groups excluding carboxylic acids is 1. The van der Waals surface area contributed by atoms with Gasteiger partial charge >= 0.3 is 0 Å².